The number of thiophene rings is 1. The second-order valence-corrected chi connectivity index (χ2v) is 10.6. The molecular formula is C26H24ClF2NO6S. The highest BCUT2D eigenvalue weighted by Crippen LogP contribution is 2.43. The van der Waals surface area contributed by atoms with Crippen LogP contribution in [0.5, 0.6) is 23.0 Å². The third-order valence-electron chi connectivity index (χ3n) is 6.27. The minimum atomic E-state index is -3.69. The number of carbonyl (C=O) groups is 1. The van der Waals surface area contributed by atoms with E-state index in [9.17, 15) is 13.6 Å². The number of aromatic nitrogens is 1. The van der Waals surface area contributed by atoms with Crippen LogP contribution in [0.25, 0.3) is 10.6 Å². The van der Waals surface area contributed by atoms with Crippen molar-refractivity contribution in [2.75, 3.05) is 7.11 Å². The van der Waals surface area contributed by atoms with Crippen molar-refractivity contribution in [2.45, 2.75) is 51.6 Å². The smallest absolute Gasteiger partial charge is 0.489 e. The van der Waals surface area contributed by atoms with Gasteiger partial charge in [0, 0.05) is 11.6 Å². The van der Waals surface area contributed by atoms with Crippen LogP contribution >= 0.6 is 22.9 Å². The Labute approximate surface area is 221 Å². The Kier molecular flexibility index (Phi) is 7.13. The second-order valence-electron chi connectivity index (χ2n) is 8.88. The molecule has 0 unspecified atom stereocenters. The van der Waals surface area contributed by atoms with Crippen LogP contribution < -0.4 is 18.9 Å². The lowest BCUT2D eigenvalue weighted by Gasteiger charge is -2.28. The highest BCUT2D eigenvalue weighted by molar-refractivity contribution is 7.19. The number of pyridine rings is 1. The van der Waals surface area contributed by atoms with Crippen LogP contribution in [0.3, 0.4) is 0 Å². The third kappa shape index (κ3) is 5.75. The van der Waals surface area contributed by atoms with Crippen molar-refractivity contribution in [3.63, 3.8) is 0 Å². The Morgan fingerprint density at radius 1 is 1.19 bits per heavy atom. The predicted octanol–water partition coefficient (Wildman–Crippen LogP) is 6.78. The van der Waals surface area contributed by atoms with Gasteiger partial charge in [0.15, 0.2) is 11.5 Å². The summed E-state index contributed by atoms with van der Waals surface area (Å²) in [6.45, 7) is 2.01. The molecule has 0 spiro atoms. The highest BCUT2D eigenvalue weighted by Gasteiger charge is 2.43. The van der Waals surface area contributed by atoms with Gasteiger partial charge in [-0.2, -0.15) is 0 Å². The molecule has 11 heteroatoms. The summed E-state index contributed by atoms with van der Waals surface area (Å²) in [5, 5.41) is 0. The van der Waals surface area contributed by atoms with E-state index in [2.05, 4.69) is 9.47 Å². The van der Waals surface area contributed by atoms with Crippen LogP contribution in [0.2, 0.25) is 4.34 Å². The van der Waals surface area contributed by atoms with Crippen molar-refractivity contribution in [1.82, 2.24) is 4.98 Å². The molecule has 1 aliphatic carbocycles. The van der Waals surface area contributed by atoms with Crippen LogP contribution in [-0.2, 0) is 16.1 Å². The van der Waals surface area contributed by atoms with Crippen molar-refractivity contribution in [3.05, 3.63) is 52.0 Å². The first-order valence-electron chi connectivity index (χ1n) is 11.7. The van der Waals surface area contributed by atoms with Crippen molar-refractivity contribution >= 4 is 28.9 Å². The number of rotatable bonds is 7. The number of ether oxygens (including phenoxy) is 5. The molecule has 1 aliphatic heterocycles. The number of carbonyl (C=O) groups excluding carboxylic acids is 1. The van der Waals surface area contributed by atoms with E-state index in [1.165, 1.54) is 36.6 Å². The van der Waals surface area contributed by atoms with Gasteiger partial charge < -0.3 is 23.7 Å². The summed E-state index contributed by atoms with van der Waals surface area (Å²) < 4.78 is 53.0. The number of alkyl halides is 2. The lowest BCUT2D eigenvalue weighted by molar-refractivity contribution is -0.286. The standard InChI is InChI=1S/C26H24ClF2NO6S/c1-14-20(34-18-5-3-4-15(10-18)25(31)32-2)9-7-19(30-14)24-16(11-23(27)37-24)13-33-17-6-8-21-22(12-17)36-26(28,29)35-21/h6-9,11-12,15,18H,3-5,10,13H2,1-2H3/t15-,18-/m0/s1. The molecule has 0 bridgehead atoms. The Hall–Kier alpha value is -3.11. The monoisotopic (exact) mass is 551 g/mol. The maximum Gasteiger partial charge on any atom is 0.586 e. The zero-order valence-corrected chi connectivity index (χ0v) is 21.7. The summed E-state index contributed by atoms with van der Waals surface area (Å²) in [7, 11) is 1.41. The summed E-state index contributed by atoms with van der Waals surface area (Å²) in [5.74, 6) is 0.535. The quantitative estimate of drug-likeness (QED) is 0.299. The Morgan fingerprint density at radius 3 is 2.78 bits per heavy atom. The van der Waals surface area contributed by atoms with Gasteiger partial charge in [-0.3, -0.25) is 4.79 Å². The molecule has 0 radical (unpaired) electrons. The van der Waals surface area contributed by atoms with Crippen LogP contribution in [0.4, 0.5) is 8.78 Å². The van der Waals surface area contributed by atoms with E-state index in [-0.39, 0.29) is 36.1 Å². The number of esters is 1. The number of halogens is 3. The summed E-state index contributed by atoms with van der Waals surface area (Å²) in [5.41, 5.74) is 2.22. The average molecular weight is 552 g/mol. The molecule has 2 aliphatic rings. The molecular weight excluding hydrogens is 528 g/mol. The van der Waals surface area contributed by atoms with E-state index < -0.39 is 6.29 Å². The largest absolute Gasteiger partial charge is 0.586 e. The van der Waals surface area contributed by atoms with Gasteiger partial charge >= 0.3 is 12.3 Å². The van der Waals surface area contributed by atoms with Gasteiger partial charge in [-0.1, -0.05) is 11.6 Å². The third-order valence-corrected chi connectivity index (χ3v) is 7.60. The number of fused-ring (bicyclic) bond motifs is 1. The van der Waals surface area contributed by atoms with Crippen molar-refractivity contribution < 1.29 is 37.3 Å². The summed E-state index contributed by atoms with van der Waals surface area (Å²) in [4.78, 5) is 17.5. The fourth-order valence-electron chi connectivity index (χ4n) is 4.51. The normalized spacial score (nSPS) is 19.9. The SMILES string of the molecule is COC(=O)[C@H]1CCC[C@H](Oc2ccc(-c3sc(Cl)cc3COc3ccc4c(c3)OC(F)(F)O4)nc2C)C1. The average Bonchev–Trinajstić information content (AvgIpc) is 3.40. The van der Waals surface area contributed by atoms with Gasteiger partial charge in [0.2, 0.25) is 0 Å². The second kappa shape index (κ2) is 10.3. The van der Waals surface area contributed by atoms with Gasteiger partial charge in [-0.15, -0.1) is 20.1 Å². The molecule has 37 heavy (non-hydrogen) atoms. The molecule has 1 aromatic carbocycles. The number of nitrogens with zero attached hydrogens (tertiary/aromatic N) is 1. The molecule has 2 aromatic heterocycles. The molecule has 0 amide bonds. The topological polar surface area (TPSA) is 76.1 Å². The molecule has 2 atom stereocenters. The minimum absolute atomic E-state index is 0.0485. The minimum Gasteiger partial charge on any atom is -0.489 e. The lowest BCUT2D eigenvalue weighted by Crippen LogP contribution is -2.30. The van der Waals surface area contributed by atoms with Crippen molar-refractivity contribution in [2.24, 2.45) is 5.92 Å². The van der Waals surface area contributed by atoms with E-state index in [4.69, 9.17) is 30.8 Å². The molecule has 0 saturated heterocycles. The number of aryl methyl sites for hydroxylation is 1. The van der Waals surface area contributed by atoms with Gasteiger partial charge in [0.05, 0.1) is 39.7 Å². The zero-order chi connectivity index (χ0) is 26.2. The van der Waals surface area contributed by atoms with E-state index in [1.807, 2.05) is 19.1 Å². The van der Waals surface area contributed by atoms with E-state index in [0.717, 1.165) is 29.7 Å². The Morgan fingerprint density at radius 2 is 2.00 bits per heavy atom. The molecule has 1 fully saturated rings. The summed E-state index contributed by atoms with van der Waals surface area (Å²) >= 11 is 7.67. The number of hydrogen-bond acceptors (Lipinski definition) is 8. The first-order valence-corrected chi connectivity index (χ1v) is 12.9. The first kappa shape index (κ1) is 25.5. The molecule has 3 heterocycles. The van der Waals surface area contributed by atoms with Gasteiger partial charge in [0.1, 0.15) is 18.1 Å². The van der Waals surface area contributed by atoms with Crippen LogP contribution in [0, 0.1) is 12.8 Å². The Balaban J connectivity index is 1.28. The summed E-state index contributed by atoms with van der Waals surface area (Å²) in [6.07, 6.45) is -0.565. The molecule has 3 aromatic rings. The molecule has 1 saturated carbocycles. The summed E-state index contributed by atoms with van der Waals surface area (Å²) in [6, 6.07) is 9.78. The molecule has 0 N–H and O–H groups in total. The van der Waals surface area contributed by atoms with Crippen molar-refractivity contribution in [1.29, 1.82) is 0 Å². The first-order chi connectivity index (χ1) is 17.7. The molecule has 5 rings (SSSR count). The fourth-order valence-corrected chi connectivity index (χ4v) is 5.74. The molecule has 196 valence electrons. The Bertz CT molecular complexity index is 1320. The van der Waals surface area contributed by atoms with E-state index in [0.29, 0.717) is 33.6 Å². The molecule has 7 nitrogen and oxygen atoms in total. The van der Waals surface area contributed by atoms with Crippen molar-refractivity contribution in [3.8, 4) is 33.6 Å². The highest BCUT2D eigenvalue weighted by atomic mass is 35.5. The van der Waals surface area contributed by atoms with E-state index >= 15 is 0 Å². The maximum atomic E-state index is 13.3. The van der Waals surface area contributed by atoms with Gasteiger partial charge in [-0.05, 0) is 62.9 Å². The van der Waals surface area contributed by atoms with Crippen LogP contribution in [0.1, 0.15) is 36.9 Å². The lowest BCUT2D eigenvalue weighted by atomic mass is 9.87. The van der Waals surface area contributed by atoms with Crippen LogP contribution in [-0.4, -0.2) is 30.5 Å². The fraction of sp³-hybridized carbons (Fsp3) is 0.385. The zero-order valence-electron chi connectivity index (χ0n) is 20.1. The number of methoxy groups -OCH3 is 1. The van der Waals surface area contributed by atoms with Gasteiger partial charge in [0.25, 0.3) is 0 Å². The van der Waals surface area contributed by atoms with Gasteiger partial charge in [-0.25, -0.2) is 4.98 Å². The predicted molar refractivity (Wildman–Crippen MR) is 133 cm³/mol. The number of benzene rings is 1. The number of hydrogen-bond donors (Lipinski definition) is 0. The maximum absolute atomic E-state index is 13.3. The van der Waals surface area contributed by atoms with Crippen LogP contribution in [0.15, 0.2) is 36.4 Å². The van der Waals surface area contributed by atoms with E-state index in [1.54, 1.807) is 6.07 Å².